The summed E-state index contributed by atoms with van der Waals surface area (Å²) in [5.41, 5.74) is 2.99. The highest BCUT2D eigenvalue weighted by molar-refractivity contribution is 6.02. The molecule has 0 aliphatic carbocycles. The number of Topliss-reactive ketones (excluding diaryl/α,β-unsaturated/α-hetero) is 1. The van der Waals surface area contributed by atoms with Gasteiger partial charge in [-0.15, -0.1) is 0 Å². The van der Waals surface area contributed by atoms with Crippen molar-refractivity contribution in [2.45, 2.75) is 19.8 Å². The average molecular weight is 234 g/mol. The standard InChI is InChI=1S/C14H22N2O/c1-10(2)11-6-7-13(16(4)5)12(8-11)14(17)9-15-3/h6-8,10,15H,9H2,1-5H3. The number of rotatable bonds is 5. The largest absolute Gasteiger partial charge is 0.377 e. The summed E-state index contributed by atoms with van der Waals surface area (Å²) in [5.74, 6) is 0.575. The van der Waals surface area contributed by atoms with Crippen LogP contribution in [0.4, 0.5) is 5.69 Å². The fourth-order valence-corrected chi connectivity index (χ4v) is 1.78. The molecule has 94 valence electrons. The second-order valence-electron chi connectivity index (χ2n) is 4.78. The van der Waals surface area contributed by atoms with Gasteiger partial charge in [0.15, 0.2) is 5.78 Å². The summed E-state index contributed by atoms with van der Waals surface area (Å²) in [7, 11) is 5.71. The zero-order chi connectivity index (χ0) is 13.0. The molecular weight excluding hydrogens is 212 g/mol. The number of anilines is 1. The Kier molecular flexibility index (Phi) is 4.70. The van der Waals surface area contributed by atoms with E-state index in [1.54, 1.807) is 7.05 Å². The molecular formula is C14H22N2O. The Morgan fingerprint density at radius 2 is 2.00 bits per heavy atom. The van der Waals surface area contributed by atoms with E-state index in [9.17, 15) is 4.79 Å². The molecule has 0 heterocycles. The van der Waals surface area contributed by atoms with Crippen LogP contribution in [0.25, 0.3) is 0 Å². The first kappa shape index (κ1) is 13.7. The lowest BCUT2D eigenvalue weighted by Gasteiger charge is -2.18. The van der Waals surface area contributed by atoms with Crippen LogP contribution in [0.2, 0.25) is 0 Å². The van der Waals surface area contributed by atoms with Gasteiger partial charge < -0.3 is 10.2 Å². The van der Waals surface area contributed by atoms with Gasteiger partial charge in [0.1, 0.15) is 0 Å². The zero-order valence-corrected chi connectivity index (χ0v) is 11.4. The van der Waals surface area contributed by atoms with Crippen LogP contribution in [0.1, 0.15) is 35.7 Å². The smallest absolute Gasteiger partial charge is 0.178 e. The summed E-state index contributed by atoms with van der Waals surface area (Å²) in [5, 5.41) is 2.91. The Hall–Kier alpha value is -1.35. The van der Waals surface area contributed by atoms with Crippen molar-refractivity contribution in [3.05, 3.63) is 29.3 Å². The van der Waals surface area contributed by atoms with E-state index in [4.69, 9.17) is 0 Å². The van der Waals surface area contributed by atoms with Gasteiger partial charge in [-0.1, -0.05) is 19.9 Å². The average Bonchev–Trinajstić information content (AvgIpc) is 2.28. The number of carbonyl (C=O) groups is 1. The molecule has 0 aliphatic heterocycles. The summed E-state index contributed by atoms with van der Waals surface area (Å²) >= 11 is 0. The molecule has 0 radical (unpaired) electrons. The van der Waals surface area contributed by atoms with Gasteiger partial charge >= 0.3 is 0 Å². The van der Waals surface area contributed by atoms with Crippen LogP contribution in [-0.4, -0.2) is 33.5 Å². The minimum atomic E-state index is 0.138. The highest BCUT2D eigenvalue weighted by Gasteiger charge is 2.14. The fourth-order valence-electron chi connectivity index (χ4n) is 1.78. The van der Waals surface area contributed by atoms with Crippen molar-refractivity contribution in [3.8, 4) is 0 Å². The predicted octanol–water partition coefficient (Wildman–Crippen LogP) is 2.28. The van der Waals surface area contributed by atoms with E-state index in [1.165, 1.54) is 5.56 Å². The molecule has 0 fully saturated rings. The second kappa shape index (κ2) is 5.82. The third-order valence-corrected chi connectivity index (χ3v) is 2.81. The highest BCUT2D eigenvalue weighted by atomic mass is 16.1. The van der Waals surface area contributed by atoms with Gasteiger partial charge in [0.05, 0.1) is 6.54 Å². The van der Waals surface area contributed by atoms with Crippen LogP contribution in [-0.2, 0) is 0 Å². The maximum Gasteiger partial charge on any atom is 0.178 e. The van der Waals surface area contributed by atoms with E-state index in [0.717, 1.165) is 11.3 Å². The topological polar surface area (TPSA) is 32.3 Å². The number of hydrogen-bond acceptors (Lipinski definition) is 3. The van der Waals surface area contributed by atoms with Gasteiger partial charge in [0.25, 0.3) is 0 Å². The van der Waals surface area contributed by atoms with Crippen LogP contribution >= 0.6 is 0 Å². The fraction of sp³-hybridized carbons (Fsp3) is 0.500. The molecule has 0 spiro atoms. The summed E-state index contributed by atoms with van der Waals surface area (Å²) in [6, 6.07) is 6.13. The van der Waals surface area contributed by atoms with E-state index in [1.807, 2.05) is 31.1 Å². The number of carbonyl (C=O) groups excluding carboxylic acids is 1. The van der Waals surface area contributed by atoms with Crippen LogP contribution in [0.15, 0.2) is 18.2 Å². The lowest BCUT2D eigenvalue weighted by molar-refractivity contribution is 0.0994. The molecule has 0 saturated carbocycles. The molecule has 1 aromatic carbocycles. The SMILES string of the molecule is CNCC(=O)c1cc(C(C)C)ccc1N(C)C. The van der Waals surface area contributed by atoms with Crippen molar-refractivity contribution in [2.24, 2.45) is 0 Å². The zero-order valence-electron chi connectivity index (χ0n) is 11.4. The lowest BCUT2D eigenvalue weighted by atomic mass is 9.97. The minimum Gasteiger partial charge on any atom is -0.377 e. The molecule has 0 bridgehead atoms. The number of ketones is 1. The molecule has 1 aromatic rings. The van der Waals surface area contributed by atoms with E-state index in [-0.39, 0.29) is 5.78 Å². The van der Waals surface area contributed by atoms with Gasteiger partial charge in [0.2, 0.25) is 0 Å². The quantitative estimate of drug-likeness (QED) is 0.793. The first-order valence-electron chi connectivity index (χ1n) is 5.96. The first-order chi connectivity index (χ1) is 7.97. The van der Waals surface area contributed by atoms with Gasteiger partial charge in [-0.3, -0.25) is 4.79 Å². The Labute approximate surface area is 104 Å². The van der Waals surface area contributed by atoms with Gasteiger partial charge in [0, 0.05) is 25.3 Å². The van der Waals surface area contributed by atoms with E-state index < -0.39 is 0 Å². The van der Waals surface area contributed by atoms with Crippen LogP contribution in [0.5, 0.6) is 0 Å². The van der Waals surface area contributed by atoms with Crippen molar-refractivity contribution in [1.82, 2.24) is 5.32 Å². The Morgan fingerprint density at radius 1 is 1.35 bits per heavy atom. The second-order valence-corrected chi connectivity index (χ2v) is 4.78. The van der Waals surface area contributed by atoms with Crippen molar-refractivity contribution in [3.63, 3.8) is 0 Å². The molecule has 3 heteroatoms. The van der Waals surface area contributed by atoms with E-state index in [2.05, 4.69) is 25.2 Å². The van der Waals surface area contributed by atoms with Crippen LogP contribution in [0, 0.1) is 0 Å². The highest BCUT2D eigenvalue weighted by Crippen LogP contribution is 2.24. The summed E-state index contributed by atoms with van der Waals surface area (Å²) < 4.78 is 0. The predicted molar refractivity (Wildman–Crippen MR) is 73.1 cm³/mol. The Balaban J connectivity index is 3.20. The normalized spacial score (nSPS) is 10.7. The molecule has 0 aliphatic rings. The van der Waals surface area contributed by atoms with Crippen LogP contribution < -0.4 is 10.2 Å². The molecule has 0 atom stereocenters. The van der Waals surface area contributed by atoms with Crippen molar-refractivity contribution >= 4 is 11.5 Å². The van der Waals surface area contributed by atoms with Gasteiger partial charge in [-0.25, -0.2) is 0 Å². The Morgan fingerprint density at radius 3 is 2.47 bits per heavy atom. The molecule has 0 saturated heterocycles. The molecule has 0 unspecified atom stereocenters. The number of nitrogens with one attached hydrogen (secondary N) is 1. The number of benzene rings is 1. The van der Waals surface area contributed by atoms with Crippen molar-refractivity contribution in [1.29, 1.82) is 0 Å². The van der Waals surface area contributed by atoms with Crippen molar-refractivity contribution in [2.75, 3.05) is 32.6 Å². The maximum atomic E-state index is 12.1. The third-order valence-electron chi connectivity index (χ3n) is 2.81. The van der Waals surface area contributed by atoms with E-state index >= 15 is 0 Å². The number of hydrogen-bond donors (Lipinski definition) is 1. The summed E-state index contributed by atoms with van der Waals surface area (Å²) in [6.45, 7) is 4.65. The van der Waals surface area contributed by atoms with Gasteiger partial charge in [-0.2, -0.15) is 0 Å². The molecule has 1 rings (SSSR count). The van der Waals surface area contributed by atoms with Gasteiger partial charge in [-0.05, 0) is 30.7 Å². The van der Waals surface area contributed by atoms with Crippen molar-refractivity contribution < 1.29 is 4.79 Å². The molecule has 3 nitrogen and oxygen atoms in total. The van der Waals surface area contributed by atoms with Crippen LogP contribution in [0.3, 0.4) is 0 Å². The maximum absolute atomic E-state index is 12.1. The third kappa shape index (κ3) is 3.30. The number of likely N-dealkylation sites (N-methyl/N-ethyl adjacent to an activating group) is 1. The summed E-state index contributed by atoms with van der Waals surface area (Å²) in [4.78, 5) is 14.0. The molecule has 0 amide bonds. The number of nitrogens with zero attached hydrogens (tertiary/aromatic N) is 1. The lowest BCUT2D eigenvalue weighted by Crippen LogP contribution is -2.22. The molecule has 1 N–H and O–H groups in total. The Bertz CT molecular complexity index is 397. The monoisotopic (exact) mass is 234 g/mol. The minimum absolute atomic E-state index is 0.138. The summed E-state index contributed by atoms with van der Waals surface area (Å²) in [6.07, 6.45) is 0. The van der Waals surface area contributed by atoms with E-state index in [0.29, 0.717) is 12.5 Å². The molecule has 17 heavy (non-hydrogen) atoms. The first-order valence-corrected chi connectivity index (χ1v) is 5.96. The molecule has 0 aromatic heterocycles.